The predicted molar refractivity (Wildman–Crippen MR) is 76.6 cm³/mol. The van der Waals surface area contributed by atoms with Crippen molar-refractivity contribution in [3.8, 4) is 0 Å². The highest BCUT2D eigenvalue weighted by molar-refractivity contribution is 5.88. The van der Waals surface area contributed by atoms with Gasteiger partial charge in [0.2, 0.25) is 11.8 Å². The summed E-state index contributed by atoms with van der Waals surface area (Å²) in [5.41, 5.74) is 0. The molecule has 0 saturated carbocycles. The van der Waals surface area contributed by atoms with Gasteiger partial charge in [-0.15, -0.1) is 0 Å². The summed E-state index contributed by atoms with van der Waals surface area (Å²) in [6.45, 7) is 3.11. The standard InChI is InChI=1S/C15H24N2O4/c1-11-6-8-17(12(9-11)15(20)21)14(19)10-16-7-4-2-3-5-13(16)18/h11-12H,2-10H2,1H3,(H,20,21). The first kappa shape index (κ1) is 15.8. The fourth-order valence-corrected chi connectivity index (χ4v) is 3.13. The maximum absolute atomic E-state index is 12.4. The number of hydrogen-bond donors (Lipinski definition) is 1. The van der Waals surface area contributed by atoms with Crippen molar-refractivity contribution in [3.05, 3.63) is 0 Å². The minimum absolute atomic E-state index is 0.0121. The lowest BCUT2D eigenvalue weighted by molar-refractivity contribution is -0.154. The topological polar surface area (TPSA) is 77.9 Å². The summed E-state index contributed by atoms with van der Waals surface area (Å²) in [6.07, 6.45) is 4.61. The molecule has 2 aliphatic rings. The Hall–Kier alpha value is -1.59. The second-order valence-corrected chi connectivity index (χ2v) is 6.20. The third-order valence-corrected chi connectivity index (χ3v) is 4.47. The number of carboxylic acids is 1. The Labute approximate surface area is 125 Å². The molecule has 0 aromatic carbocycles. The molecule has 2 amide bonds. The van der Waals surface area contributed by atoms with E-state index in [-0.39, 0.29) is 18.4 Å². The van der Waals surface area contributed by atoms with Crippen molar-refractivity contribution in [1.29, 1.82) is 0 Å². The molecule has 0 bridgehead atoms. The third kappa shape index (κ3) is 3.95. The highest BCUT2D eigenvalue weighted by atomic mass is 16.4. The van der Waals surface area contributed by atoms with Crippen molar-refractivity contribution >= 4 is 17.8 Å². The van der Waals surface area contributed by atoms with Gasteiger partial charge in [0.25, 0.3) is 0 Å². The fraction of sp³-hybridized carbons (Fsp3) is 0.800. The highest BCUT2D eigenvalue weighted by Crippen LogP contribution is 2.23. The Kier molecular flexibility index (Phi) is 5.20. The van der Waals surface area contributed by atoms with Gasteiger partial charge < -0.3 is 14.9 Å². The molecule has 2 saturated heterocycles. The molecule has 0 aliphatic carbocycles. The number of carbonyl (C=O) groups excluding carboxylic acids is 2. The Bertz CT molecular complexity index is 424. The fourth-order valence-electron chi connectivity index (χ4n) is 3.13. The lowest BCUT2D eigenvalue weighted by atomic mass is 9.92. The summed E-state index contributed by atoms with van der Waals surface area (Å²) < 4.78 is 0. The van der Waals surface area contributed by atoms with Gasteiger partial charge in [0.15, 0.2) is 0 Å². The van der Waals surface area contributed by atoms with Gasteiger partial charge in [-0.25, -0.2) is 4.79 Å². The number of nitrogens with zero attached hydrogens (tertiary/aromatic N) is 2. The number of likely N-dealkylation sites (tertiary alicyclic amines) is 2. The van der Waals surface area contributed by atoms with E-state index >= 15 is 0 Å². The summed E-state index contributed by atoms with van der Waals surface area (Å²) in [5, 5.41) is 9.30. The molecule has 2 unspecified atom stereocenters. The van der Waals surface area contributed by atoms with E-state index in [0.29, 0.717) is 31.8 Å². The summed E-state index contributed by atoms with van der Waals surface area (Å²) >= 11 is 0. The minimum atomic E-state index is -0.947. The molecule has 1 N–H and O–H groups in total. The predicted octanol–water partition coefficient (Wildman–Crippen LogP) is 1.10. The van der Waals surface area contributed by atoms with Crippen LogP contribution in [-0.2, 0) is 14.4 Å². The molecule has 2 rings (SSSR count). The molecule has 2 fully saturated rings. The van der Waals surface area contributed by atoms with E-state index in [1.165, 1.54) is 4.90 Å². The molecule has 6 heteroatoms. The molecule has 21 heavy (non-hydrogen) atoms. The van der Waals surface area contributed by atoms with Gasteiger partial charge in [-0.1, -0.05) is 13.3 Å². The number of aliphatic carboxylic acids is 1. The number of rotatable bonds is 3. The molecule has 118 valence electrons. The average Bonchev–Trinajstić information content (AvgIpc) is 2.64. The zero-order valence-electron chi connectivity index (χ0n) is 12.6. The van der Waals surface area contributed by atoms with Crippen molar-refractivity contribution < 1.29 is 19.5 Å². The van der Waals surface area contributed by atoms with E-state index in [0.717, 1.165) is 25.7 Å². The van der Waals surface area contributed by atoms with Crippen LogP contribution in [0.15, 0.2) is 0 Å². The van der Waals surface area contributed by atoms with Crippen molar-refractivity contribution in [2.75, 3.05) is 19.6 Å². The smallest absolute Gasteiger partial charge is 0.326 e. The second kappa shape index (κ2) is 6.91. The van der Waals surface area contributed by atoms with Crippen LogP contribution in [0.2, 0.25) is 0 Å². The van der Waals surface area contributed by atoms with Gasteiger partial charge in [-0.05, 0) is 31.6 Å². The SMILES string of the molecule is CC1CCN(C(=O)CN2CCCCCC2=O)C(C(=O)O)C1. The zero-order valence-corrected chi connectivity index (χ0v) is 12.6. The molecular formula is C15H24N2O4. The van der Waals surface area contributed by atoms with Crippen molar-refractivity contribution in [3.63, 3.8) is 0 Å². The van der Waals surface area contributed by atoms with Gasteiger partial charge in [-0.3, -0.25) is 9.59 Å². The summed E-state index contributed by atoms with van der Waals surface area (Å²) in [4.78, 5) is 38.7. The van der Waals surface area contributed by atoms with Gasteiger partial charge in [0, 0.05) is 19.5 Å². The maximum atomic E-state index is 12.4. The number of amides is 2. The number of carboxylic acid groups (broad SMARTS) is 1. The normalized spacial score (nSPS) is 27.4. The monoisotopic (exact) mass is 296 g/mol. The van der Waals surface area contributed by atoms with E-state index in [1.807, 2.05) is 6.92 Å². The quantitative estimate of drug-likeness (QED) is 0.846. The van der Waals surface area contributed by atoms with Gasteiger partial charge in [0.1, 0.15) is 6.04 Å². The first-order valence-corrected chi connectivity index (χ1v) is 7.79. The minimum Gasteiger partial charge on any atom is -0.480 e. The number of hydrogen-bond acceptors (Lipinski definition) is 3. The summed E-state index contributed by atoms with van der Waals surface area (Å²) in [6, 6.07) is -0.747. The maximum Gasteiger partial charge on any atom is 0.326 e. The van der Waals surface area contributed by atoms with Crippen LogP contribution in [0.25, 0.3) is 0 Å². The van der Waals surface area contributed by atoms with Crippen LogP contribution in [0, 0.1) is 5.92 Å². The highest BCUT2D eigenvalue weighted by Gasteiger charge is 2.35. The summed E-state index contributed by atoms with van der Waals surface area (Å²) in [7, 11) is 0. The van der Waals surface area contributed by atoms with E-state index in [2.05, 4.69) is 0 Å². The average molecular weight is 296 g/mol. The Morgan fingerprint density at radius 2 is 2.00 bits per heavy atom. The largest absolute Gasteiger partial charge is 0.480 e. The third-order valence-electron chi connectivity index (χ3n) is 4.47. The van der Waals surface area contributed by atoms with E-state index in [9.17, 15) is 19.5 Å². The molecule has 0 spiro atoms. The molecule has 0 aromatic rings. The van der Waals surface area contributed by atoms with Crippen molar-refractivity contribution in [2.24, 2.45) is 5.92 Å². The zero-order chi connectivity index (χ0) is 15.4. The molecule has 2 aliphatic heterocycles. The van der Waals surface area contributed by atoms with Gasteiger partial charge in [-0.2, -0.15) is 0 Å². The van der Waals surface area contributed by atoms with Crippen LogP contribution in [-0.4, -0.2) is 58.4 Å². The van der Waals surface area contributed by atoms with Crippen LogP contribution in [0.3, 0.4) is 0 Å². The molecule has 0 radical (unpaired) electrons. The Morgan fingerprint density at radius 1 is 1.24 bits per heavy atom. The van der Waals surface area contributed by atoms with Crippen LogP contribution >= 0.6 is 0 Å². The van der Waals surface area contributed by atoms with Crippen LogP contribution in [0.1, 0.15) is 45.4 Å². The molecule has 0 aromatic heterocycles. The van der Waals surface area contributed by atoms with Gasteiger partial charge in [0.05, 0.1) is 6.54 Å². The lowest BCUT2D eigenvalue weighted by Crippen LogP contribution is -2.53. The number of piperidine rings is 1. The Balaban J connectivity index is 2.00. The molecule has 6 nitrogen and oxygen atoms in total. The first-order chi connectivity index (χ1) is 9.99. The van der Waals surface area contributed by atoms with Crippen LogP contribution < -0.4 is 0 Å². The van der Waals surface area contributed by atoms with E-state index in [1.54, 1.807) is 4.90 Å². The first-order valence-electron chi connectivity index (χ1n) is 7.79. The molecule has 2 heterocycles. The lowest BCUT2D eigenvalue weighted by Gasteiger charge is -2.37. The summed E-state index contributed by atoms with van der Waals surface area (Å²) in [5.74, 6) is -0.852. The number of carbonyl (C=O) groups is 3. The van der Waals surface area contributed by atoms with Crippen molar-refractivity contribution in [2.45, 2.75) is 51.5 Å². The molecular weight excluding hydrogens is 272 g/mol. The van der Waals surface area contributed by atoms with Crippen LogP contribution in [0.5, 0.6) is 0 Å². The van der Waals surface area contributed by atoms with Gasteiger partial charge >= 0.3 is 5.97 Å². The van der Waals surface area contributed by atoms with E-state index < -0.39 is 12.0 Å². The second-order valence-electron chi connectivity index (χ2n) is 6.20. The van der Waals surface area contributed by atoms with Crippen molar-refractivity contribution in [1.82, 2.24) is 9.80 Å². The van der Waals surface area contributed by atoms with E-state index in [4.69, 9.17) is 0 Å². The Morgan fingerprint density at radius 3 is 2.71 bits per heavy atom. The van der Waals surface area contributed by atoms with Crippen LogP contribution in [0.4, 0.5) is 0 Å². The molecule has 2 atom stereocenters.